The summed E-state index contributed by atoms with van der Waals surface area (Å²) in [7, 11) is 0. The third kappa shape index (κ3) is 3.49. The zero-order chi connectivity index (χ0) is 20.8. The van der Waals surface area contributed by atoms with Crippen molar-refractivity contribution in [3.05, 3.63) is 85.2 Å². The maximum Gasteiger partial charge on any atom is 0.349 e. The fourth-order valence-electron chi connectivity index (χ4n) is 3.10. The zero-order valence-electron chi connectivity index (χ0n) is 15.1. The van der Waals surface area contributed by atoms with E-state index in [0.717, 1.165) is 20.7 Å². The van der Waals surface area contributed by atoms with Crippen LogP contribution in [0.2, 0.25) is 0 Å². The molecule has 5 rings (SSSR count). The van der Waals surface area contributed by atoms with Gasteiger partial charge in [0.25, 0.3) is 5.91 Å². The van der Waals surface area contributed by atoms with Gasteiger partial charge in [-0.1, -0.05) is 28.1 Å². The Morgan fingerprint density at radius 2 is 1.93 bits per heavy atom. The van der Waals surface area contributed by atoms with Crippen LogP contribution in [0.15, 0.2) is 78.4 Å². The Morgan fingerprint density at radius 3 is 2.70 bits per heavy atom. The minimum Gasteiger partial charge on any atom is -0.421 e. The number of fused-ring (bicyclic) bond motifs is 2. The zero-order valence-corrected chi connectivity index (χ0v) is 19.0. The molecule has 0 atom stereocenters. The number of benzene rings is 2. The Kier molecular flexibility index (Phi) is 4.80. The highest BCUT2D eigenvalue weighted by atomic mass is 79.9. The van der Waals surface area contributed by atoms with Gasteiger partial charge in [-0.15, -0.1) is 11.3 Å². The van der Waals surface area contributed by atoms with Crippen LogP contribution in [0.25, 0.3) is 27.2 Å². The minimum absolute atomic E-state index is 0.0640. The lowest BCUT2D eigenvalue weighted by Crippen LogP contribution is -2.20. The number of nitrogens with one attached hydrogen (secondary N) is 1. The van der Waals surface area contributed by atoms with Crippen molar-refractivity contribution < 1.29 is 9.21 Å². The van der Waals surface area contributed by atoms with Crippen molar-refractivity contribution in [2.24, 2.45) is 0 Å². The van der Waals surface area contributed by atoms with Gasteiger partial charge in [-0.3, -0.25) is 9.20 Å². The summed E-state index contributed by atoms with van der Waals surface area (Å²) >= 11 is 8.32. The smallest absolute Gasteiger partial charge is 0.349 e. The van der Waals surface area contributed by atoms with Crippen LogP contribution in [0.1, 0.15) is 10.4 Å². The predicted molar refractivity (Wildman–Crippen MR) is 124 cm³/mol. The van der Waals surface area contributed by atoms with Gasteiger partial charge >= 0.3 is 5.63 Å². The molecule has 0 bridgehead atoms. The van der Waals surface area contributed by atoms with Crippen LogP contribution in [-0.2, 0) is 0 Å². The molecule has 9 heteroatoms. The lowest BCUT2D eigenvalue weighted by molar-refractivity contribution is 0.102. The van der Waals surface area contributed by atoms with Crippen molar-refractivity contribution in [2.45, 2.75) is 0 Å². The Balaban J connectivity index is 1.41. The van der Waals surface area contributed by atoms with Gasteiger partial charge in [0, 0.05) is 38.9 Å². The highest BCUT2D eigenvalue weighted by Crippen LogP contribution is 2.28. The van der Waals surface area contributed by atoms with Crippen molar-refractivity contribution in [2.75, 3.05) is 5.32 Å². The van der Waals surface area contributed by atoms with Gasteiger partial charge in [-0.25, -0.2) is 9.78 Å². The van der Waals surface area contributed by atoms with E-state index in [4.69, 9.17) is 4.42 Å². The van der Waals surface area contributed by atoms with E-state index < -0.39 is 11.5 Å². The maximum absolute atomic E-state index is 12.7. The van der Waals surface area contributed by atoms with Gasteiger partial charge in [-0.05, 0) is 46.3 Å². The molecule has 148 valence electrons. The van der Waals surface area contributed by atoms with Crippen LogP contribution in [0, 0.1) is 0 Å². The number of hydrogen-bond acceptors (Lipinski definition) is 5. The van der Waals surface area contributed by atoms with Crippen LogP contribution in [0.3, 0.4) is 0 Å². The molecule has 0 aliphatic heterocycles. The van der Waals surface area contributed by atoms with E-state index >= 15 is 0 Å². The molecule has 3 heterocycles. The average molecular weight is 545 g/mol. The summed E-state index contributed by atoms with van der Waals surface area (Å²) in [5, 5.41) is 5.36. The molecular formula is C21H11Br2N3O3S. The molecule has 0 saturated carbocycles. The molecule has 1 amide bonds. The molecular weight excluding hydrogens is 534 g/mol. The molecule has 0 unspecified atom stereocenters. The molecule has 0 spiro atoms. The summed E-state index contributed by atoms with van der Waals surface area (Å²) in [4.78, 5) is 30.5. The number of amides is 1. The van der Waals surface area contributed by atoms with Gasteiger partial charge in [0.1, 0.15) is 5.56 Å². The number of rotatable bonds is 3. The van der Waals surface area contributed by atoms with Gasteiger partial charge in [0.05, 0.1) is 10.2 Å². The van der Waals surface area contributed by atoms with E-state index in [1.54, 1.807) is 35.6 Å². The number of thiazole rings is 1. The first-order valence-corrected chi connectivity index (χ1v) is 11.2. The summed E-state index contributed by atoms with van der Waals surface area (Å²) in [6.07, 6.45) is 3.91. The number of carbonyl (C=O) groups excluding carboxylic acids is 1. The van der Waals surface area contributed by atoms with Crippen molar-refractivity contribution in [3.8, 4) is 11.3 Å². The highest BCUT2D eigenvalue weighted by Gasteiger charge is 2.16. The van der Waals surface area contributed by atoms with E-state index in [9.17, 15) is 9.59 Å². The fourth-order valence-corrected chi connectivity index (χ4v) is 5.14. The van der Waals surface area contributed by atoms with E-state index in [1.165, 1.54) is 6.07 Å². The number of carbonyl (C=O) groups is 1. The lowest BCUT2D eigenvalue weighted by atomic mass is 10.1. The Bertz CT molecular complexity index is 1460. The topological polar surface area (TPSA) is 76.6 Å². The first-order valence-electron chi connectivity index (χ1n) is 8.75. The molecule has 30 heavy (non-hydrogen) atoms. The van der Waals surface area contributed by atoms with Crippen molar-refractivity contribution >= 4 is 70.7 Å². The van der Waals surface area contributed by atoms with Gasteiger partial charge < -0.3 is 9.73 Å². The molecule has 2 aromatic carbocycles. The molecule has 0 aliphatic carbocycles. The summed E-state index contributed by atoms with van der Waals surface area (Å²) in [5.41, 5.74) is 1.99. The first-order chi connectivity index (χ1) is 14.5. The van der Waals surface area contributed by atoms with Crippen LogP contribution in [0.5, 0.6) is 0 Å². The number of hydrogen-bond donors (Lipinski definition) is 1. The lowest BCUT2D eigenvalue weighted by Gasteiger charge is -2.07. The monoisotopic (exact) mass is 543 g/mol. The van der Waals surface area contributed by atoms with Crippen molar-refractivity contribution in [1.82, 2.24) is 9.38 Å². The maximum atomic E-state index is 12.7. The first kappa shape index (κ1) is 19.2. The predicted octanol–water partition coefficient (Wildman–Crippen LogP) is 5.95. The second kappa shape index (κ2) is 7.50. The molecule has 0 fully saturated rings. The normalized spacial score (nSPS) is 11.3. The largest absolute Gasteiger partial charge is 0.421 e. The van der Waals surface area contributed by atoms with Crippen LogP contribution in [-0.4, -0.2) is 15.3 Å². The summed E-state index contributed by atoms with van der Waals surface area (Å²) in [6.45, 7) is 0. The number of imidazole rings is 1. The third-order valence-corrected chi connectivity index (χ3v) is 6.35. The SMILES string of the molecule is O=C(Nc1ccc(-c2cn3ccsc3n2)cc1)c1cc2cc(Br)cc(Br)c2oc1=O. The quantitative estimate of drug-likeness (QED) is 0.285. The standard InChI is InChI=1S/C21H11Br2N3O3S/c22-13-7-12-8-15(20(28)29-18(12)16(23)9-13)19(27)24-14-3-1-11(2-4-14)17-10-26-5-6-30-21(26)25-17/h1-10H,(H,24,27). The van der Waals surface area contributed by atoms with Gasteiger partial charge in [0.15, 0.2) is 10.5 Å². The fraction of sp³-hybridized carbons (Fsp3) is 0. The van der Waals surface area contributed by atoms with E-state index in [2.05, 4.69) is 42.2 Å². The molecule has 0 radical (unpaired) electrons. The molecule has 5 aromatic rings. The van der Waals surface area contributed by atoms with E-state index in [0.29, 0.717) is 21.1 Å². The van der Waals surface area contributed by atoms with Crippen LogP contribution in [0.4, 0.5) is 5.69 Å². The summed E-state index contributed by atoms with van der Waals surface area (Å²) in [5.74, 6) is -0.531. The van der Waals surface area contributed by atoms with E-state index in [-0.39, 0.29) is 5.56 Å². The molecule has 3 aromatic heterocycles. The van der Waals surface area contributed by atoms with Crippen LogP contribution >= 0.6 is 43.2 Å². The van der Waals surface area contributed by atoms with Crippen molar-refractivity contribution in [3.63, 3.8) is 0 Å². The number of halogens is 2. The number of aromatic nitrogens is 2. The molecule has 0 aliphatic rings. The third-order valence-electron chi connectivity index (χ3n) is 4.53. The summed E-state index contributed by atoms with van der Waals surface area (Å²) < 4.78 is 8.74. The van der Waals surface area contributed by atoms with E-state index in [1.807, 2.05) is 34.3 Å². The second-order valence-corrected chi connectivity index (χ2v) is 9.15. The average Bonchev–Trinajstić information content (AvgIpc) is 3.31. The minimum atomic E-state index is -0.697. The number of nitrogens with zero attached hydrogens (tertiary/aromatic N) is 2. The molecule has 0 saturated heterocycles. The van der Waals surface area contributed by atoms with Gasteiger partial charge in [0.2, 0.25) is 0 Å². The Labute approximate surface area is 190 Å². The van der Waals surface area contributed by atoms with Crippen LogP contribution < -0.4 is 10.9 Å². The Morgan fingerprint density at radius 1 is 1.13 bits per heavy atom. The van der Waals surface area contributed by atoms with Gasteiger partial charge in [-0.2, -0.15) is 0 Å². The number of anilines is 1. The molecule has 1 N–H and O–H groups in total. The molecule has 6 nitrogen and oxygen atoms in total. The second-order valence-electron chi connectivity index (χ2n) is 6.50. The highest BCUT2D eigenvalue weighted by molar-refractivity contribution is 9.11. The summed E-state index contributed by atoms with van der Waals surface area (Å²) in [6, 6.07) is 12.4. The Hall–Kier alpha value is -2.75. The van der Waals surface area contributed by atoms with Crippen molar-refractivity contribution in [1.29, 1.82) is 0 Å².